The first kappa shape index (κ1) is 21.8. The van der Waals surface area contributed by atoms with Crippen molar-refractivity contribution in [2.45, 2.75) is 13.5 Å². The number of carbonyl (C=O) groups is 1. The minimum atomic E-state index is -0.415. The van der Waals surface area contributed by atoms with Crippen LogP contribution in [0.5, 0.6) is 0 Å². The number of thioether (sulfide) groups is 1. The highest BCUT2D eigenvalue weighted by Gasteiger charge is 2.32. The number of aromatic nitrogens is 1. The van der Waals surface area contributed by atoms with E-state index in [4.69, 9.17) is 21.4 Å². The van der Waals surface area contributed by atoms with Crippen LogP contribution in [0.3, 0.4) is 0 Å². The number of hydrogen-bond donors (Lipinski definition) is 1. The fourth-order valence-electron chi connectivity index (χ4n) is 3.04. The van der Waals surface area contributed by atoms with Gasteiger partial charge in [0.25, 0.3) is 11.5 Å². The Morgan fingerprint density at radius 1 is 1.43 bits per heavy atom. The van der Waals surface area contributed by atoms with E-state index in [9.17, 15) is 14.9 Å². The van der Waals surface area contributed by atoms with Crippen LogP contribution < -0.4 is 10.9 Å². The molecule has 1 aliphatic rings. The van der Waals surface area contributed by atoms with E-state index in [-0.39, 0.29) is 11.5 Å². The van der Waals surface area contributed by atoms with Gasteiger partial charge in [0.2, 0.25) is 0 Å². The number of thiocarbonyl (C=S) groups is 1. The Labute approximate surface area is 183 Å². The van der Waals surface area contributed by atoms with Crippen LogP contribution in [0.4, 0.5) is 5.82 Å². The molecule has 1 amide bonds. The molecule has 1 N–H and O–H groups in total. The zero-order valence-electron chi connectivity index (χ0n) is 16.7. The summed E-state index contributed by atoms with van der Waals surface area (Å²) in [6.45, 7) is 2.75. The van der Waals surface area contributed by atoms with E-state index in [1.165, 1.54) is 21.2 Å². The SMILES string of the molecule is COCCN1C(=O)/C(=C/c2c(C)c(C#N)c(=O)n(C)c2NCc2ccco2)SC1=S. The van der Waals surface area contributed by atoms with Gasteiger partial charge in [0.15, 0.2) is 0 Å². The number of rotatable bonds is 7. The van der Waals surface area contributed by atoms with E-state index in [0.717, 1.165) is 0 Å². The summed E-state index contributed by atoms with van der Waals surface area (Å²) in [6.07, 6.45) is 3.23. The molecule has 1 saturated heterocycles. The fraction of sp³-hybridized carbons (Fsp3) is 0.300. The van der Waals surface area contributed by atoms with Gasteiger partial charge in [0.05, 0.1) is 30.9 Å². The summed E-state index contributed by atoms with van der Waals surface area (Å²) in [6, 6.07) is 5.55. The first-order valence-corrected chi connectivity index (χ1v) is 10.3. The van der Waals surface area contributed by atoms with Gasteiger partial charge in [0.1, 0.15) is 27.5 Å². The van der Waals surface area contributed by atoms with Gasteiger partial charge < -0.3 is 14.5 Å². The molecule has 1 fully saturated rings. The third-order valence-electron chi connectivity index (χ3n) is 4.68. The number of amides is 1. The lowest BCUT2D eigenvalue weighted by Gasteiger charge is -2.17. The molecular formula is C20H20N4O4S2. The molecule has 0 unspecified atom stereocenters. The maximum Gasteiger partial charge on any atom is 0.270 e. The molecule has 0 aromatic carbocycles. The molecule has 0 bridgehead atoms. The van der Waals surface area contributed by atoms with Crippen LogP contribution in [0.15, 0.2) is 32.5 Å². The molecule has 3 heterocycles. The molecule has 10 heteroatoms. The Bertz CT molecular complexity index is 1110. The van der Waals surface area contributed by atoms with Crippen LogP contribution in [0.2, 0.25) is 0 Å². The highest BCUT2D eigenvalue weighted by molar-refractivity contribution is 8.26. The summed E-state index contributed by atoms with van der Waals surface area (Å²) in [5, 5.41) is 12.7. The molecule has 1 aliphatic heterocycles. The van der Waals surface area contributed by atoms with Crippen molar-refractivity contribution in [3.8, 4) is 6.07 Å². The maximum atomic E-state index is 12.8. The van der Waals surface area contributed by atoms with E-state index < -0.39 is 5.56 Å². The molecule has 30 heavy (non-hydrogen) atoms. The highest BCUT2D eigenvalue weighted by atomic mass is 32.2. The van der Waals surface area contributed by atoms with Crippen molar-refractivity contribution in [2.24, 2.45) is 7.05 Å². The number of nitriles is 1. The first-order valence-electron chi connectivity index (χ1n) is 9.03. The number of ether oxygens (including phenoxy) is 1. The third-order valence-corrected chi connectivity index (χ3v) is 6.06. The standard InChI is InChI=1S/C20H20N4O4S2/c1-12-14(9-16-19(26)24(6-8-27-3)20(29)30-16)17(22-11-13-5-4-7-28-13)23(2)18(25)15(12)10-21/h4-5,7,9,22H,6,8,11H2,1-3H3/b16-9-. The topological polar surface area (TPSA) is 101 Å². The second kappa shape index (κ2) is 9.30. The summed E-state index contributed by atoms with van der Waals surface area (Å²) in [4.78, 5) is 27.3. The number of nitrogens with zero attached hydrogens (tertiary/aromatic N) is 3. The summed E-state index contributed by atoms with van der Waals surface area (Å²) in [7, 11) is 3.13. The summed E-state index contributed by atoms with van der Waals surface area (Å²) in [5.74, 6) is 0.933. The van der Waals surface area contributed by atoms with Crippen molar-refractivity contribution in [2.75, 3.05) is 25.6 Å². The van der Waals surface area contributed by atoms with E-state index in [1.807, 2.05) is 12.1 Å². The molecule has 0 radical (unpaired) electrons. The number of carbonyl (C=O) groups excluding carboxylic acids is 1. The van der Waals surface area contributed by atoms with Gasteiger partial charge in [-0.15, -0.1) is 0 Å². The Balaban J connectivity index is 2.06. The molecule has 0 atom stereocenters. The predicted octanol–water partition coefficient (Wildman–Crippen LogP) is 2.62. The number of furan rings is 1. The number of methoxy groups -OCH3 is 1. The Morgan fingerprint density at radius 2 is 2.20 bits per heavy atom. The number of pyridine rings is 1. The lowest BCUT2D eigenvalue weighted by atomic mass is 10.0. The predicted molar refractivity (Wildman–Crippen MR) is 119 cm³/mol. The largest absolute Gasteiger partial charge is 0.467 e. The molecule has 156 valence electrons. The number of anilines is 1. The minimum absolute atomic E-state index is 0.0298. The van der Waals surface area contributed by atoms with E-state index in [1.54, 1.807) is 39.5 Å². The van der Waals surface area contributed by atoms with Crippen LogP contribution >= 0.6 is 24.0 Å². The van der Waals surface area contributed by atoms with Crippen molar-refractivity contribution in [1.29, 1.82) is 5.26 Å². The Kier molecular flexibility index (Phi) is 6.77. The lowest BCUT2D eigenvalue weighted by molar-refractivity contribution is -0.122. The van der Waals surface area contributed by atoms with Crippen molar-refractivity contribution in [3.05, 3.63) is 56.1 Å². The van der Waals surface area contributed by atoms with Crippen molar-refractivity contribution in [3.63, 3.8) is 0 Å². The van der Waals surface area contributed by atoms with Gasteiger partial charge in [-0.1, -0.05) is 24.0 Å². The quantitative estimate of drug-likeness (QED) is 0.514. The fourth-order valence-corrected chi connectivity index (χ4v) is 4.33. The summed E-state index contributed by atoms with van der Waals surface area (Å²) >= 11 is 6.51. The monoisotopic (exact) mass is 444 g/mol. The van der Waals surface area contributed by atoms with Gasteiger partial charge in [-0.2, -0.15) is 5.26 Å². The van der Waals surface area contributed by atoms with Crippen LogP contribution in [0.25, 0.3) is 6.08 Å². The van der Waals surface area contributed by atoms with E-state index in [0.29, 0.717) is 51.6 Å². The van der Waals surface area contributed by atoms with Crippen LogP contribution in [-0.2, 0) is 23.1 Å². The van der Waals surface area contributed by atoms with Crippen molar-refractivity contribution >= 4 is 46.1 Å². The molecule has 3 rings (SSSR count). The number of nitrogens with one attached hydrogen (secondary N) is 1. The van der Waals surface area contributed by atoms with Gasteiger partial charge in [-0.05, 0) is 30.7 Å². The Morgan fingerprint density at radius 3 is 2.83 bits per heavy atom. The third kappa shape index (κ3) is 4.18. The molecule has 0 saturated carbocycles. The lowest BCUT2D eigenvalue weighted by Crippen LogP contribution is -2.31. The molecule has 2 aromatic rings. The Hall–Kier alpha value is -2.87. The van der Waals surface area contributed by atoms with Gasteiger partial charge >= 0.3 is 0 Å². The average Bonchev–Trinajstić information content (AvgIpc) is 3.33. The maximum absolute atomic E-state index is 12.8. The summed E-state index contributed by atoms with van der Waals surface area (Å²) in [5.41, 5.74) is 0.682. The van der Waals surface area contributed by atoms with Crippen molar-refractivity contribution in [1.82, 2.24) is 9.47 Å². The minimum Gasteiger partial charge on any atom is -0.467 e. The molecule has 2 aromatic heterocycles. The zero-order valence-corrected chi connectivity index (χ0v) is 18.4. The molecule has 0 aliphatic carbocycles. The first-order chi connectivity index (χ1) is 14.4. The molecular weight excluding hydrogens is 424 g/mol. The zero-order chi connectivity index (χ0) is 21.8. The van der Waals surface area contributed by atoms with Crippen LogP contribution in [0, 0.1) is 18.3 Å². The average molecular weight is 445 g/mol. The second-order valence-corrected chi connectivity index (χ2v) is 8.17. The van der Waals surface area contributed by atoms with Crippen LogP contribution in [0.1, 0.15) is 22.5 Å². The molecule has 0 spiro atoms. The van der Waals surface area contributed by atoms with E-state index in [2.05, 4.69) is 5.32 Å². The second-order valence-electron chi connectivity index (χ2n) is 6.50. The smallest absolute Gasteiger partial charge is 0.270 e. The van der Waals surface area contributed by atoms with Gasteiger partial charge in [-0.3, -0.25) is 19.1 Å². The van der Waals surface area contributed by atoms with E-state index >= 15 is 0 Å². The van der Waals surface area contributed by atoms with Crippen LogP contribution in [-0.4, -0.2) is 40.0 Å². The van der Waals surface area contributed by atoms with Crippen molar-refractivity contribution < 1.29 is 13.9 Å². The highest BCUT2D eigenvalue weighted by Crippen LogP contribution is 2.34. The normalized spacial score (nSPS) is 15.1. The number of hydrogen-bond acceptors (Lipinski definition) is 8. The molecule has 8 nitrogen and oxygen atoms in total. The van der Waals surface area contributed by atoms with Gasteiger partial charge in [-0.25, -0.2) is 0 Å². The van der Waals surface area contributed by atoms with Gasteiger partial charge in [0, 0.05) is 19.7 Å². The summed E-state index contributed by atoms with van der Waals surface area (Å²) < 4.78 is 12.2.